The third-order valence-corrected chi connectivity index (χ3v) is 5.20. The summed E-state index contributed by atoms with van der Waals surface area (Å²) in [7, 11) is 0. The molecule has 0 bridgehead atoms. The predicted octanol–water partition coefficient (Wildman–Crippen LogP) is 4.74. The molecule has 1 N–H and O–H groups in total. The number of hydrogen-bond acceptors (Lipinski definition) is 4. The van der Waals surface area contributed by atoms with Gasteiger partial charge in [-0.3, -0.25) is 4.98 Å². The van der Waals surface area contributed by atoms with Crippen LogP contribution in [0.15, 0.2) is 18.3 Å². The van der Waals surface area contributed by atoms with Gasteiger partial charge >= 0.3 is 0 Å². The van der Waals surface area contributed by atoms with Crippen molar-refractivity contribution in [1.82, 2.24) is 19.5 Å². The second-order valence-corrected chi connectivity index (χ2v) is 7.65. The fourth-order valence-corrected chi connectivity index (χ4v) is 3.52. The van der Waals surface area contributed by atoms with Gasteiger partial charge in [0.25, 0.3) is 0 Å². The first-order valence-corrected chi connectivity index (χ1v) is 9.84. The maximum Gasteiger partial charge on any atom is 0.159 e. The molecule has 0 saturated carbocycles. The number of aromatic nitrogens is 4. The normalized spacial score (nSPS) is 12.9. The number of aryl methyl sites for hydroxylation is 3. The smallest absolute Gasteiger partial charge is 0.159 e. The maximum atomic E-state index is 9.29. The Morgan fingerprint density at radius 1 is 1.07 bits per heavy atom. The van der Waals surface area contributed by atoms with Crippen LogP contribution >= 0.6 is 0 Å². The highest BCUT2D eigenvalue weighted by Gasteiger charge is 2.18. The van der Waals surface area contributed by atoms with E-state index in [0.717, 1.165) is 51.5 Å². The molecule has 0 aliphatic carbocycles. The highest BCUT2D eigenvalue weighted by atomic mass is 16.3. The van der Waals surface area contributed by atoms with Gasteiger partial charge in [0.15, 0.2) is 5.65 Å². The van der Waals surface area contributed by atoms with E-state index < -0.39 is 0 Å². The summed E-state index contributed by atoms with van der Waals surface area (Å²) >= 11 is 0. The highest BCUT2D eigenvalue weighted by molar-refractivity contribution is 5.80. The minimum Gasteiger partial charge on any atom is -0.396 e. The number of pyridine rings is 1. The number of nitrogens with zero attached hydrogens (tertiary/aromatic N) is 4. The summed E-state index contributed by atoms with van der Waals surface area (Å²) in [5.41, 5.74) is 8.00. The van der Waals surface area contributed by atoms with Crippen LogP contribution in [0.1, 0.15) is 68.7 Å². The molecule has 0 aliphatic heterocycles. The molecule has 1 atom stereocenters. The van der Waals surface area contributed by atoms with Crippen molar-refractivity contribution in [2.45, 2.75) is 66.3 Å². The van der Waals surface area contributed by atoms with Crippen LogP contribution in [0.3, 0.4) is 0 Å². The van der Waals surface area contributed by atoms with E-state index in [1.54, 1.807) is 0 Å². The van der Waals surface area contributed by atoms with Gasteiger partial charge in [-0.05, 0) is 57.2 Å². The van der Waals surface area contributed by atoms with Crippen molar-refractivity contribution in [3.63, 3.8) is 0 Å². The lowest BCUT2D eigenvalue weighted by atomic mass is 10.0. The number of rotatable bonds is 6. The number of fused-ring (bicyclic) bond motifs is 1. The monoisotopic (exact) mass is 366 g/mol. The summed E-state index contributed by atoms with van der Waals surface area (Å²) < 4.78 is 2.13. The lowest BCUT2D eigenvalue weighted by molar-refractivity contribution is 0.264. The fourth-order valence-electron chi connectivity index (χ4n) is 3.52. The SMILES string of the molecule is CCc1nc(C(C)C)ccc1-c1nc2c(C)cn([C@@H](C)CCO)c2nc1C. The molecule has 3 aromatic heterocycles. The zero-order valence-corrected chi connectivity index (χ0v) is 17.2. The molecular formula is C22H30N4O. The van der Waals surface area contributed by atoms with E-state index in [9.17, 15) is 5.11 Å². The number of aliphatic hydroxyl groups is 1. The molecule has 144 valence electrons. The van der Waals surface area contributed by atoms with Crippen molar-refractivity contribution in [1.29, 1.82) is 0 Å². The van der Waals surface area contributed by atoms with E-state index in [2.05, 4.69) is 57.5 Å². The van der Waals surface area contributed by atoms with E-state index in [0.29, 0.717) is 12.3 Å². The molecule has 3 rings (SSSR count). The molecule has 0 fully saturated rings. The van der Waals surface area contributed by atoms with Gasteiger partial charge in [-0.25, -0.2) is 9.97 Å². The van der Waals surface area contributed by atoms with Crippen LogP contribution in [0.5, 0.6) is 0 Å². The number of aliphatic hydroxyl groups excluding tert-OH is 1. The van der Waals surface area contributed by atoms with Gasteiger partial charge in [-0.15, -0.1) is 0 Å². The van der Waals surface area contributed by atoms with Gasteiger partial charge < -0.3 is 9.67 Å². The maximum absolute atomic E-state index is 9.29. The topological polar surface area (TPSA) is 63.8 Å². The lowest BCUT2D eigenvalue weighted by Crippen LogP contribution is -2.08. The Labute approximate surface area is 161 Å². The Balaban J connectivity index is 2.17. The quantitative estimate of drug-likeness (QED) is 0.684. The molecule has 0 aliphatic rings. The summed E-state index contributed by atoms with van der Waals surface area (Å²) in [4.78, 5) is 14.8. The molecule has 5 nitrogen and oxygen atoms in total. The lowest BCUT2D eigenvalue weighted by Gasteiger charge is -2.15. The molecule has 0 radical (unpaired) electrons. The zero-order chi connectivity index (χ0) is 19.7. The summed E-state index contributed by atoms with van der Waals surface area (Å²) in [6.07, 6.45) is 3.66. The molecule has 0 unspecified atom stereocenters. The molecule has 0 amide bonds. The van der Waals surface area contributed by atoms with Crippen molar-refractivity contribution < 1.29 is 5.11 Å². The van der Waals surface area contributed by atoms with Crippen molar-refractivity contribution in [2.75, 3.05) is 6.61 Å². The molecule has 3 heterocycles. The Kier molecular flexibility index (Phi) is 5.61. The molecule has 27 heavy (non-hydrogen) atoms. The van der Waals surface area contributed by atoms with Gasteiger partial charge in [0.2, 0.25) is 0 Å². The number of hydrogen-bond donors (Lipinski definition) is 1. The Bertz CT molecular complexity index is 959. The van der Waals surface area contributed by atoms with Gasteiger partial charge in [0.05, 0.1) is 11.4 Å². The van der Waals surface area contributed by atoms with E-state index in [1.807, 2.05) is 6.92 Å². The van der Waals surface area contributed by atoms with Crippen LogP contribution in [0.2, 0.25) is 0 Å². The van der Waals surface area contributed by atoms with E-state index >= 15 is 0 Å². The summed E-state index contributed by atoms with van der Waals surface area (Å²) in [5.74, 6) is 0.406. The van der Waals surface area contributed by atoms with Gasteiger partial charge in [0, 0.05) is 35.8 Å². The van der Waals surface area contributed by atoms with Gasteiger partial charge in [-0.2, -0.15) is 0 Å². The van der Waals surface area contributed by atoms with Crippen LogP contribution in [0.25, 0.3) is 22.4 Å². The molecule has 0 aromatic carbocycles. The third-order valence-electron chi connectivity index (χ3n) is 5.20. The van der Waals surface area contributed by atoms with Crippen LogP contribution in [0.4, 0.5) is 0 Å². The first kappa shape index (κ1) is 19.5. The molecular weight excluding hydrogens is 336 g/mol. The van der Waals surface area contributed by atoms with Crippen molar-refractivity contribution in [3.8, 4) is 11.3 Å². The standard InChI is InChI=1S/C22H30N4O/c1-7-18-17(8-9-19(24-18)13(2)3)21-16(6)23-22-20(25-21)14(4)12-26(22)15(5)10-11-27/h8-9,12-13,15,27H,7,10-11H2,1-6H3/t15-/m0/s1. The van der Waals surface area contributed by atoms with Crippen molar-refractivity contribution >= 4 is 11.2 Å². The Morgan fingerprint density at radius 3 is 2.44 bits per heavy atom. The van der Waals surface area contributed by atoms with Crippen molar-refractivity contribution in [3.05, 3.63) is 41.0 Å². The second kappa shape index (κ2) is 7.77. The predicted molar refractivity (Wildman–Crippen MR) is 110 cm³/mol. The molecule has 0 spiro atoms. The molecule has 5 heteroatoms. The zero-order valence-electron chi connectivity index (χ0n) is 17.2. The summed E-state index contributed by atoms with van der Waals surface area (Å²) in [6, 6.07) is 4.43. The van der Waals surface area contributed by atoms with Gasteiger partial charge in [0.1, 0.15) is 5.52 Å². The average Bonchev–Trinajstić information content (AvgIpc) is 2.96. The van der Waals surface area contributed by atoms with E-state index in [4.69, 9.17) is 15.0 Å². The van der Waals surface area contributed by atoms with Crippen LogP contribution in [-0.4, -0.2) is 31.2 Å². The molecule has 0 saturated heterocycles. The average molecular weight is 367 g/mol. The fraction of sp³-hybridized carbons (Fsp3) is 0.500. The Hall–Kier alpha value is -2.27. The minimum absolute atomic E-state index is 0.165. The third kappa shape index (κ3) is 3.61. The van der Waals surface area contributed by atoms with E-state index in [1.165, 1.54) is 0 Å². The van der Waals surface area contributed by atoms with Crippen LogP contribution in [0, 0.1) is 13.8 Å². The second-order valence-electron chi connectivity index (χ2n) is 7.65. The van der Waals surface area contributed by atoms with E-state index in [-0.39, 0.29) is 12.6 Å². The van der Waals surface area contributed by atoms with Crippen LogP contribution in [-0.2, 0) is 6.42 Å². The largest absolute Gasteiger partial charge is 0.396 e. The highest BCUT2D eigenvalue weighted by Crippen LogP contribution is 2.30. The molecule has 3 aromatic rings. The van der Waals surface area contributed by atoms with Crippen molar-refractivity contribution in [2.24, 2.45) is 0 Å². The first-order valence-electron chi connectivity index (χ1n) is 9.84. The summed E-state index contributed by atoms with van der Waals surface area (Å²) in [6.45, 7) is 12.8. The van der Waals surface area contributed by atoms with Gasteiger partial charge in [-0.1, -0.05) is 20.8 Å². The summed E-state index contributed by atoms with van der Waals surface area (Å²) in [5, 5.41) is 9.29. The Morgan fingerprint density at radius 2 is 1.81 bits per heavy atom. The minimum atomic E-state index is 0.165. The first-order chi connectivity index (χ1) is 12.9. The van der Waals surface area contributed by atoms with Crippen LogP contribution < -0.4 is 0 Å².